The number of benzene rings is 1. The molecule has 1 heterocycles. The van der Waals surface area contributed by atoms with Crippen molar-refractivity contribution in [1.29, 1.82) is 0 Å². The van der Waals surface area contributed by atoms with Gasteiger partial charge in [0.25, 0.3) is 5.24 Å². The number of carbonyl (C=O) groups is 3. The molecule has 1 fully saturated rings. The molecule has 10 heteroatoms. The smallest absolute Gasteiger partial charge is 0.319 e. The molecule has 6 nitrogen and oxygen atoms in total. The van der Waals surface area contributed by atoms with Crippen LogP contribution in [0.1, 0.15) is 0 Å². The summed E-state index contributed by atoms with van der Waals surface area (Å²) in [6, 6.07) is 0.668. The number of thioether (sulfide) groups is 1. The van der Waals surface area contributed by atoms with Gasteiger partial charge in [0.15, 0.2) is 17.5 Å². The van der Waals surface area contributed by atoms with Gasteiger partial charge < -0.3 is 10.6 Å². The van der Waals surface area contributed by atoms with E-state index in [0.717, 1.165) is 22.7 Å². The third kappa shape index (κ3) is 3.50. The van der Waals surface area contributed by atoms with Crippen LogP contribution in [0.2, 0.25) is 0 Å². The van der Waals surface area contributed by atoms with Crippen molar-refractivity contribution in [2.24, 2.45) is 0 Å². The second kappa shape index (κ2) is 6.69. The highest BCUT2D eigenvalue weighted by Gasteiger charge is 2.29. The minimum absolute atomic E-state index is 0.0294. The van der Waals surface area contributed by atoms with Crippen LogP contribution in [-0.2, 0) is 4.79 Å². The van der Waals surface area contributed by atoms with Gasteiger partial charge in [-0.2, -0.15) is 0 Å². The van der Waals surface area contributed by atoms with Crippen molar-refractivity contribution in [2.45, 2.75) is 0 Å². The van der Waals surface area contributed by atoms with Gasteiger partial charge in [0.1, 0.15) is 0 Å². The van der Waals surface area contributed by atoms with Crippen LogP contribution in [0.25, 0.3) is 0 Å². The Morgan fingerprint density at radius 3 is 2.59 bits per heavy atom. The molecular formula is C12H10F3N3O3S. The lowest BCUT2D eigenvalue weighted by Gasteiger charge is -2.13. The summed E-state index contributed by atoms with van der Waals surface area (Å²) in [6.07, 6.45) is 0. The number of nitrogens with zero attached hydrogens (tertiary/aromatic N) is 1. The molecule has 0 radical (unpaired) electrons. The van der Waals surface area contributed by atoms with E-state index in [1.807, 2.05) is 5.32 Å². The Labute approximate surface area is 127 Å². The predicted octanol–water partition coefficient (Wildman–Crippen LogP) is 1.92. The molecule has 2 N–H and O–H groups in total. The van der Waals surface area contributed by atoms with Crippen molar-refractivity contribution >= 4 is 34.6 Å². The molecule has 0 saturated carbocycles. The Kier molecular flexibility index (Phi) is 4.91. The number of anilines is 1. The minimum Gasteiger partial charge on any atom is -0.336 e. The molecule has 0 bridgehead atoms. The normalized spacial score (nSPS) is 14.4. The van der Waals surface area contributed by atoms with E-state index in [9.17, 15) is 27.6 Å². The van der Waals surface area contributed by atoms with Crippen LogP contribution in [-0.4, -0.2) is 40.9 Å². The van der Waals surface area contributed by atoms with Crippen molar-refractivity contribution in [3.05, 3.63) is 29.6 Å². The highest BCUT2D eigenvalue weighted by molar-refractivity contribution is 8.14. The third-order valence-electron chi connectivity index (χ3n) is 2.74. The average Bonchev–Trinajstić information content (AvgIpc) is 2.80. The summed E-state index contributed by atoms with van der Waals surface area (Å²) < 4.78 is 39.0. The van der Waals surface area contributed by atoms with E-state index >= 15 is 0 Å². The Morgan fingerprint density at radius 2 is 1.95 bits per heavy atom. The predicted molar refractivity (Wildman–Crippen MR) is 72.9 cm³/mol. The Hall–Kier alpha value is -2.23. The highest BCUT2D eigenvalue weighted by Crippen LogP contribution is 2.19. The van der Waals surface area contributed by atoms with Gasteiger partial charge in [0, 0.05) is 13.1 Å². The second-order valence-electron chi connectivity index (χ2n) is 4.20. The van der Waals surface area contributed by atoms with Crippen LogP contribution in [0, 0.1) is 17.5 Å². The summed E-state index contributed by atoms with van der Waals surface area (Å²) in [5, 5.41) is 3.87. The number of imide groups is 1. The number of carbonyl (C=O) groups excluding carboxylic acids is 3. The van der Waals surface area contributed by atoms with Gasteiger partial charge in [-0.15, -0.1) is 0 Å². The zero-order valence-corrected chi connectivity index (χ0v) is 11.8. The number of hydrogen-bond donors (Lipinski definition) is 2. The summed E-state index contributed by atoms with van der Waals surface area (Å²) in [5.41, 5.74) is -0.528. The first-order valence-electron chi connectivity index (χ1n) is 6.05. The number of urea groups is 1. The van der Waals surface area contributed by atoms with E-state index in [4.69, 9.17) is 0 Å². The molecule has 118 valence electrons. The molecule has 4 amide bonds. The van der Waals surface area contributed by atoms with Crippen molar-refractivity contribution in [2.75, 3.05) is 24.2 Å². The number of nitrogens with one attached hydrogen (secondary N) is 2. The van der Waals surface area contributed by atoms with Crippen LogP contribution in [0.5, 0.6) is 0 Å². The average molecular weight is 333 g/mol. The van der Waals surface area contributed by atoms with Crippen LogP contribution in [0.3, 0.4) is 0 Å². The van der Waals surface area contributed by atoms with Gasteiger partial charge in [-0.05, 0) is 12.1 Å². The van der Waals surface area contributed by atoms with Gasteiger partial charge in [-0.1, -0.05) is 11.8 Å². The maximum atomic E-state index is 13.3. The Bertz CT molecular complexity index is 626. The van der Waals surface area contributed by atoms with E-state index in [-0.39, 0.29) is 24.7 Å². The summed E-state index contributed by atoms with van der Waals surface area (Å²) in [5.74, 6) is -4.87. The van der Waals surface area contributed by atoms with Crippen molar-refractivity contribution in [3.8, 4) is 0 Å². The molecule has 2 rings (SSSR count). The molecule has 1 aliphatic heterocycles. The monoisotopic (exact) mass is 333 g/mol. The van der Waals surface area contributed by atoms with Gasteiger partial charge in [0.05, 0.1) is 11.4 Å². The molecule has 1 aliphatic rings. The van der Waals surface area contributed by atoms with E-state index in [0.29, 0.717) is 6.07 Å². The van der Waals surface area contributed by atoms with Gasteiger partial charge in [0.2, 0.25) is 5.91 Å². The highest BCUT2D eigenvalue weighted by atomic mass is 32.2. The van der Waals surface area contributed by atoms with Crippen LogP contribution in [0.4, 0.5) is 28.4 Å². The topological polar surface area (TPSA) is 78.5 Å². The summed E-state index contributed by atoms with van der Waals surface area (Å²) in [7, 11) is 0. The molecule has 0 unspecified atom stereocenters. The third-order valence-corrected chi connectivity index (χ3v) is 3.60. The standard InChI is InChI=1S/C12H10F3N3O3S/c13-6-1-2-7(10(15)9(6)14)17-11(20)16-3-4-18-8(19)5-22-12(18)21/h1-2H,3-5H2,(H2,16,17,20). The number of rotatable bonds is 4. The molecule has 22 heavy (non-hydrogen) atoms. The number of halogens is 3. The summed E-state index contributed by atoms with van der Waals surface area (Å²) in [4.78, 5) is 35.0. The number of amides is 4. The molecule has 1 saturated heterocycles. The van der Waals surface area contributed by atoms with Crippen LogP contribution >= 0.6 is 11.8 Å². The maximum Gasteiger partial charge on any atom is 0.319 e. The lowest BCUT2D eigenvalue weighted by Crippen LogP contribution is -2.39. The molecule has 0 spiro atoms. The minimum atomic E-state index is -1.69. The first-order chi connectivity index (χ1) is 10.4. The van der Waals surface area contributed by atoms with Crippen LogP contribution in [0.15, 0.2) is 12.1 Å². The summed E-state index contributed by atoms with van der Waals surface area (Å²) in [6.45, 7) is -0.0898. The molecule has 1 aromatic rings. The van der Waals surface area contributed by atoms with Gasteiger partial charge >= 0.3 is 6.03 Å². The fourth-order valence-electron chi connectivity index (χ4n) is 1.67. The van der Waals surface area contributed by atoms with E-state index in [1.54, 1.807) is 0 Å². The van der Waals surface area contributed by atoms with Crippen molar-refractivity contribution < 1.29 is 27.6 Å². The molecule has 1 aromatic carbocycles. The van der Waals surface area contributed by atoms with Crippen molar-refractivity contribution in [1.82, 2.24) is 10.2 Å². The van der Waals surface area contributed by atoms with Gasteiger partial charge in [-0.3, -0.25) is 14.5 Å². The van der Waals surface area contributed by atoms with E-state index in [1.165, 1.54) is 0 Å². The van der Waals surface area contributed by atoms with Crippen molar-refractivity contribution in [3.63, 3.8) is 0 Å². The lowest BCUT2D eigenvalue weighted by molar-refractivity contribution is -0.124. The second-order valence-corrected chi connectivity index (χ2v) is 5.13. The first kappa shape index (κ1) is 16.1. The van der Waals surface area contributed by atoms with E-state index in [2.05, 4.69) is 5.32 Å². The Balaban J connectivity index is 1.85. The quantitative estimate of drug-likeness (QED) is 0.825. The zero-order chi connectivity index (χ0) is 16.3. The molecule has 0 aromatic heterocycles. The molecular weight excluding hydrogens is 323 g/mol. The fraction of sp³-hybridized carbons (Fsp3) is 0.250. The maximum absolute atomic E-state index is 13.3. The SMILES string of the molecule is O=C(NCCN1C(=O)CSC1=O)Nc1ccc(F)c(F)c1F. The lowest BCUT2D eigenvalue weighted by atomic mass is 10.3. The van der Waals surface area contributed by atoms with Crippen LogP contribution < -0.4 is 10.6 Å². The Morgan fingerprint density at radius 1 is 1.23 bits per heavy atom. The zero-order valence-electron chi connectivity index (χ0n) is 11.0. The summed E-state index contributed by atoms with van der Waals surface area (Å²) >= 11 is 0.862. The van der Waals surface area contributed by atoms with Gasteiger partial charge in [-0.25, -0.2) is 18.0 Å². The largest absolute Gasteiger partial charge is 0.336 e. The fourth-order valence-corrected chi connectivity index (χ4v) is 2.42. The molecule has 0 atom stereocenters. The van der Waals surface area contributed by atoms with E-state index < -0.39 is 34.4 Å². The molecule has 0 aliphatic carbocycles. The first-order valence-corrected chi connectivity index (χ1v) is 7.04. The number of hydrogen-bond acceptors (Lipinski definition) is 4.